The van der Waals surface area contributed by atoms with E-state index in [4.69, 9.17) is 17.2 Å². The van der Waals surface area contributed by atoms with Gasteiger partial charge in [0, 0.05) is 44.0 Å². The van der Waals surface area contributed by atoms with E-state index in [0.717, 1.165) is 116 Å². The largest absolute Gasteiger partial charge is 0.396 e. The van der Waals surface area contributed by atoms with E-state index in [-0.39, 0.29) is 53.3 Å². The first-order valence-electron chi connectivity index (χ1n) is 21.6. The second kappa shape index (κ2) is 20.8. The molecule has 0 aromatic rings. The minimum atomic E-state index is -0.0919. The predicted octanol–water partition coefficient (Wildman–Crippen LogP) is 5.29. The van der Waals surface area contributed by atoms with Gasteiger partial charge in [-0.15, -0.1) is 0 Å². The molecule has 0 spiro atoms. The molecule has 0 radical (unpaired) electrons. The van der Waals surface area contributed by atoms with Crippen LogP contribution in [0, 0.1) is 46.3 Å². The number of hydrogen-bond acceptors (Lipinski definition) is 7. The van der Waals surface area contributed by atoms with E-state index in [9.17, 15) is 19.5 Å². The first-order chi connectivity index (χ1) is 25.0. The molecule has 10 N–H and O–H groups in total. The van der Waals surface area contributed by atoms with Gasteiger partial charge in [-0.25, -0.2) is 0 Å². The van der Waals surface area contributed by atoms with Gasteiger partial charge in [-0.1, -0.05) is 40.0 Å². The van der Waals surface area contributed by atoms with Crippen LogP contribution in [0.3, 0.4) is 0 Å². The molecule has 4 rings (SSSR count). The molecular weight excluding hydrogens is 652 g/mol. The van der Waals surface area contributed by atoms with Gasteiger partial charge in [0.25, 0.3) is 0 Å². The number of fused-ring (bicyclic) bond motifs is 5. The van der Waals surface area contributed by atoms with Crippen molar-refractivity contribution >= 4 is 17.7 Å². The van der Waals surface area contributed by atoms with Crippen molar-refractivity contribution in [1.29, 1.82) is 0 Å². The maximum absolute atomic E-state index is 13.7. The number of carbonyl (C=O) groups excluding carboxylic acids is 3. The number of aliphatic hydroxyl groups is 1. The van der Waals surface area contributed by atoms with E-state index in [1.807, 2.05) is 0 Å². The van der Waals surface area contributed by atoms with Crippen LogP contribution in [0.15, 0.2) is 0 Å². The molecule has 4 saturated carbocycles. The van der Waals surface area contributed by atoms with Crippen molar-refractivity contribution in [3.63, 3.8) is 0 Å². The molecular formula is C42H78N6O4. The first kappa shape index (κ1) is 43.0. The lowest BCUT2D eigenvalue weighted by atomic mass is 9.42. The van der Waals surface area contributed by atoms with E-state index in [0.29, 0.717) is 74.4 Å². The molecule has 0 bridgehead atoms. The van der Waals surface area contributed by atoms with Gasteiger partial charge >= 0.3 is 0 Å². The molecule has 0 aliphatic heterocycles. The van der Waals surface area contributed by atoms with Crippen molar-refractivity contribution in [1.82, 2.24) is 16.0 Å². The van der Waals surface area contributed by atoms with Crippen LogP contribution in [-0.4, -0.2) is 67.2 Å². The highest BCUT2D eigenvalue weighted by Gasteiger charge is 2.66. The van der Waals surface area contributed by atoms with Crippen molar-refractivity contribution in [2.75, 3.05) is 26.2 Å². The Balaban J connectivity index is 1.62. The molecule has 10 nitrogen and oxygen atoms in total. The molecule has 11 atom stereocenters. The Morgan fingerprint density at radius 2 is 1.27 bits per heavy atom. The fraction of sp³-hybridized carbons (Fsp3) is 0.929. The second-order valence-corrected chi connectivity index (χ2v) is 18.0. The lowest BCUT2D eigenvalue weighted by Gasteiger charge is -2.65. The summed E-state index contributed by atoms with van der Waals surface area (Å²) in [5.74, 6) is 2.84. The molecule has 0 aromatic carbocycles. The average molecular weight is 731 g/mol. The van der Waals surface area contributed by atoms with Crippen molar-refractivity contribution in [2.24, 2.45) is 63.5 Å². The lowest BCUT2D eigenvalue weighted by Crippen LogP contribution is -2.67. The number of aliphatic hydroxyl groups excluding tert-OH is 1. The van der Waals surface area contributed by atoms with E-state index in [1.54, 1.807) is 0 Å². The third kappa shape index (κ3) is 10.5. The summed E-state index contributed by atoms with van der Waals surface area (Å²) < 4.78 is 0. The zero-order valence-corrected chi connectivity index (χ0v) is 33.3. The Labute approximate surface area is 316 Å². The monoisotopic (exact) mass is 731 g/mol. The van der Waals surface area contributed by atoms with Crippen molar-refractivity contribution in [3.05, 3.63) is 0 Å². The second-order valence-electron chi connectivity index (χ2n) is 18.0. The number of nitrogens with two attached hydrogens (primary N) is 3. The van der Waals surface area contributed by atoms with Crippen LogP contribution in [0.2, 0.25) is 0 Å². The number of nitrogens with one attached hydrogen (secondary N) is 3. The maximum atomic E-state index is 13.7. The summed E-state index contributed by atoms with van der Waals surface area (Å²) in [6, 6.07) is 0.309. The summed E-state index contributed by atoms with van der Waals surface area (Å²) >= 11 is 0. The fourth-order valence-corrected chi connectivity index (χ4v) is 12.0. The van der Waals surface area contributed by atoms with Crippen molar-refractivity contribution in [3.8, 4) is 0 Å². The Kier molecular flexibility index (Phi) is 17.2. The van der Waals surface area contributed by atoms with E-state index < -0.39 is 0 Å². The topological polar surface area (TPSA) is 186 Å². The molecule has 52 heavy (non-hydrogen) atoms. The first-order valence-corrected chi connectivity index (χ1v) is 21.6. The molecule has 0 saturated heterocycles. The molecule has 0 aromatic heterocycles. The Morgan fingerprint density at radius 1 is 0.692 bits per heavy atom. The predicted molar refractivity (Wildman–Crippen MR) is 210 cm³/mol. The normalized spacial score (nSPS) is 34.4. The summed E-state index contributed by atoms with van der Waals surface area (Å²) in [6.07, 6.45) is 18.9. The summed E-state index contributed by atoms with van der Waals surface area (Å²) in [5.41, 5.74) is 17.1. The highest BCUT2D eigenvalue weighted by molar-refractivity contribution is 5.77. The average Bonchev–Trinajstić information content (AvgIpc) is 3.48. The highest BCUT2D eigenvalue weighted by atomic mass is 16.3. The van der Waals surface area contributed by atoms with Crippen LogP contribution >= 0.6 is 0 Å². The van der Waals surface area contributed by atoms with Crippen LogP contribution in [0.25, 0.3) is 0 Å². The quantitative estimate of drug-likeness (QED) is 0.0739. The van der Waals surface area contributed by atoms with Crippen LogP contribution in [0.4, 0.5) is 0 Å². The molecule has 4 fully saturated rings. The standard InChI is InChI=1S/C42H78N6O4/c1-29(14-13-25-49)32-18-19-33-40-34(28-36(42(32,33)3)48-39(52)17-9-6-12-24-45)41(2)21-20-31(46-37(50)15-7-4-10-22-43)26-30(41)27-35(40)47-38(51)16-8-5-11-23-44/h29-36,40,49H,4-28,43-45H2,1-3H3,(H,46,50)(H,47,51)(H,48,52)/t29-,30?,31-,32-,33+,34+,35-,36+,40?,41+,42-/m1/s1. The molecule has 4 aliphatic carbocycles. The Morgan fingerprint density at radius 3 is 1.85 bits per heavy atom. The van der Waals surface area contributed by atoms with Crippen molar-refractivity contribution in [2.45, 2.75) is 174 Å². The zero-order valence-electron chi connectivity index (χ0n) is 33.3. The number of unbranched alkanes of at least 4 members (excludes halogenated alkanes) is 6. The van der Waals surface area contributed by atoms with Gasteiger partial charge in [-0.3, -0.25) is 14.4 Å². The number of rotatable bonds is 22. The van der Waals surface area contributed by atoms with E-state index >= 15 is 0 Å². The van der Waals surface area contributed by atoms with Crippen LogP contribution in [-0.2, 0) is 14.4 Å². The van der Waals surface area contributed by atoms with Gasteiger partial charge in [-0.2, -0.15) is 0 Å². The van der Waals surface area contributed by atoms with Gasteiger partial charge in [0.15, 0.2) is 0 Å². The van der Waals surface area contributed by atoms with Crippen LogP contribution in [0.5, 0.6) is 0 Å². The smallest absolute Gasteiger partial charge is 0.220 e. The summed E-state index contributed by atoms with van der Waals surface area (Å²) in [4.78, 5) is 40.4. The number of amides is 3. The lowest BCUT2D eigenvalue weighted by molar-refractivity contribution is -0.154. The van der Waals surface area contributed by atoms with Gasteiger partial charge < -0.3 is 38.3 Å². The van der Waals surface area contributed by atoms with E-state index in [1.165, 1.54) is 0 Å². The maximum Gasteiger partial charge on any atom is 0.220 e. The SMILES string of the molecule is C[C@H](CCCO)[C@H]1CC[C@H]2C3[C@H](NC(=O)CCCCCN)CC4C[C@H](NC(=O)CCCCCN)CC[C@]4(C)[C@H]3C[C@H](NC(=O)CCCCCN)[C@]12C. The summed E-state index contributed by atoms with van der Waals surface area (Å²) in [7, 11) is 0. The number of hydrogen-bond donors (Lipinski definition) is 7. The van der Waals surface area contributed by atoms with Gasteiger partial charge in [0.05, 0.1) is 0 Å². The van der Waals surface area contributed by atoms with Crippen LogP contribution < -0.4 is 33.2 Å². The van der Waals surface area contributed by atoms with E-state index in [2.05, 4.69) is 36.7 Å². The van der Waals surface area contributed by atoms with Gasteiger partial charge in [-0.05, 0) is 162 Å². The Bertz CT molecular complexity index is 1120. The molecule has 10 heteroatoms. The van der Waals surface area contributed by atoms with Gasteiger partial charge in [0.1, 0.15) is 0 Å². The third-order valence-corrected chi connectivity index (χ3v) is 14.8. The zero-order chi connectivity index (χ0) is 37.7. The molecule has 3 amide bonds. The summed E-state index contributed by atoms with van der Waals surface area (Å²) in [6.45, 7) is 9.53. The molecule has 0 heterocycles. The van der Waals surface area contributed by atoms with Gasteiger partial charge in [0.2, 0.25) is 17.7 Å². The molecule has 300 valence electrons. The highest BCUT2D eigenvalue weighted by Crippen LogP contribution is 2.68. The Hall–Kier alpha value is -1.75. The molecule has 2 unspecified atom stereocenters. The van der Waals surface area contributed by atoms with Crippen LogP contribution in [0.1, 0.15) is 156 Å². The molecule has 4 aliphatic rings. The minimum absolute atomic E-state index is 0.0685. The van der Waals surface area contributed by atoms with Crippen molar-refractivity contribution < 1.29 is 19.5 Å². The fourth-order valence-electron chi connectivity index (χ4n) is 12.0. The minimum Gasteiger partial charge on any atom is -0.396 e. The summed E-state index contributed by atoms with van der Waals surface area (Å²) in [5, 5.41) is 20.5. The number of carbonyl (C=O) groups is 3. The third-order valence-electron chi connectivity index (χ3n) is 14.8.